The van der Waals surface area contributed by atoms with Crippen molar-refractivity contribution < 1.29 is 0 Å². The minimum atomic E-state index is 0.108. The van der Waals surface area contributed by atoms with E-state index in [2.05, 4.69) is 106 Å². The molecular formula is C18H21Br2N. The Hall–Kier alpha value is -0.640. The highest BCUT2D eigenvalue weighted by molar-refractivity contribution is 9.11. The predicted molar refractivity (Wildman–Crippen MR) is 97.7 cm³/mol. The molecule has 0 aromatic heterocycles. The molecule has 1 unspecified atom stereocenters. The highest BCUT2D eigenvalue weighted by Crippen LogP contribution is 2.28. The van der Waals surface area contributed by atoms with Gasteiger partial charge in [0.15, 0.2) is 0 Å². The first-order valence-corrected chi connectivity index (χ1v) is 8.72. The van der Waals surface area contributed by atoms with Gasteiger partial charge >= 0.3 is 0 Å². The molecule has 0 aliphatic heterocycles. The lowest BCUT2D eigenvalue weighted by molar-refractivity contribution is 0.435. The van der Waals surface area contributed by atoms with Gasteiger partial charge in [0.1, 0.15) is 0 Å². The molecule has 0 amide bonds. The second-order valence-electron chi connectivity index (χ2n) is 6.02. The maximum Gasteiger partial charge on any atom is 0.0303 e. The van der Waals surface area contributed by atoms with Crippen LogP contribution in [0, 0.1) is 0 Å². The number of rotatable bonds is 5. The van der Waals surface area contributed by atoms with Crippen LogP contribution in [-0.4, -0.2) is 6.54 Å². The Balaban J connectivity index is 2.05. The minimum absolute atomic E-state index is 0.108. The van der Waals surface area contributed by atoms with Crippen LogP contribution in [0.1, 0.15) is 37.9 Å². The van der Waals surface area contributed by atoms with Crippen LogP contribution in [0.4, 0.5) is 0 Å². The van der Waals surface area contributed by atoms with E-state index in [0.29, 0.717) is 6.04 Å². The largest absolute Gasteiger partial charge is 0.309 e. The fraction of sp³-hybridized carbons (Fsp3) is 0.333. The quantitative estimate of drug-likeness (QED) is 0.652. The number of halogens is 2. The molecule has 1 N–H and O–H groups in total. The first kappa shape index (κ1) is 16.7. The molecule has 3 heteroatoms. The van der Waals surface area contributed by atoms with Gasteiger partial charge in [0.25, 0.3) is 0 Å². The Morgan fingerprint density at radius 3 is 2.33 bits per heavy atom. The molecule has 0 saturated carbocycles. The maximum atomic E-state index is 3.65. The lowest BCUT2D eigenvalue weighted by atomic mass is 9.84. The summed E-state index contributed by atoms with van der Waals surface area (Å²) in [6.07, 6.45) is 0. The summed E-state index contributed by atoms with van der Waals surface area (Å²) in [6.45, 7) is 7.69. The van der Waals surface area contributed by atoms with Crippen LogP contribution < -0.4 is 5.32 Å². The molecule has 0 spiro atoms. The Morgan fingerprint density at radius 1 is 1.05 bits per heavy atom. The monoisotopic (exact) mass is 409 g/mol. The van der Waals surface area contributed by atoms with E-state index in [4.69, 9.17) is 0 Å². The van der Waals surface area contributed by atoms with Crippen molar-refractivity contribution in [1.29, 1.82) is 0 Å². The van der Waals surface area contributed by atoms with Gasteiger partial charge in [-0.2, -0.15) is 0 Å². The van der Waals surface area contributed by atoms with Gasteiger partial charge in [0.2, 0.25) is 0 Å². The van der Waals surface area contributed by atoms with E-state index in [-0.39, 0.29) is 5.41 Å². The number of nitrogens with one attached hydrogen (secondary N) is 1. The topological polar surface area (TPSA) is 12.0 Å². The second kappa shape index (κ2) is 7.08. The predicted octanol–water partition coefficient (Wildman–Crippen LogP) is 5.84. The van der Waals surface area contributed by atoms with Crippen LogP contribution in [0.3, 0.4) is 0 Å². The molecule has 0 aliphatic carbocycles. The van der Waals surface area contributed by atoms with Gasteiger partial charge in [-0.05, 0) is 30.2 Å². The highest BCUT2D eigenvalue weighted by atomic mass is 79.9. The first-order valence-electron chi connectivity index (χ1n) is 7.14. The fourth-order valence-corrected chi connectivity index (χ4v) is 3.75. The third-order valence-electron chi connectivity index (χ3n) is 3.83. The zero-order chi connectivity index (χ0) is 15.5. The van der Waals surface area contributed by atoms with Crippen molar-refractivity contribution in [3.8, 4) is 0 Å². The number of benzene rings is 2. The molecule has 1 nitrogen and oxygen atoms in total. The molecule has 112 valence electrons. The third-order valence-corrected chi connectivity index (χ3v) is 5.01. The summed E-state index contributed by atoms with van der Waals surface area (Å²) in [5.74, 6) is 0. The standard InChI is InChI=1S/C18H21Br2N/c1-13(16-10-9-15(19)11-17(16)20)21-12-18(2,3)14-7-5-4-6-8-14/h4-11,13,21H,12H2,1-3H3. The first-order chi connectivity index (χ1) is 9.90. The summed E-state index contributed by atoms with van der Waals surface area (Å²) in [7, 11) is 0. The van der Waals surface area contributed by atoms with Gasteiger partial charge in [0.05, 0.1) is 0 Å². The van der Waals surface area contributed by atoms with Crippen LogP contribution in [0.25, 0.3) is 0 Å². The van der Waals surface area contributed by atoms with E-state index >= 15 is 0 Å². The van der Waals surface area contributed by atoms with E-state index in [0.717, 1.165) is 15.5 Å². The number of hydrogen-bond donors (Lipinski definition) is 1. The molecule has 0 saturated heterocycles. The zero-order valence-electron chi connectivity index (χ0n) is 12.7. The van der Waals surface area contributed by atoms with E-state index in [1.54, 1.807) is 0 Å². The van der Waals surface area contributed by atoms with Gasteiger partial charge in [-0.1, -0.05) is 82.1 Å². The Kier molecular flexibility index (Phi) is 5.64. The lowest BCUT2D eigenvalue weighted by Gasteiger charge is -2.28. The van der Waals surface area contributed by atoms with Crippen molar-refractivity contribution in [2.24, 2.45) is 0 Å². The average molecular weight is 411 g/mol. The zero-order valence-corrected chi connectivity index (χ0v) is 15.8. The summed E-state index contributed by atoms with van der Waals surface area (Å²) in [6, 6.07) is 17.3. The SMILES string of the molecule is CC(NCC(C)(C)c1ccccc1)c1ccc(Br)cc1Br. The molecule has 0 heterocycles. The van der Waals surface area contributed by atoms with E-state index in [1.165, 1.54) is 11.1 Å². The summed E-state index contributed by atoms with van der Waals surface area (Å²) in [5, 5.41) is 3.65. The van der Waals surface area contributed by atoms with E-state index < -0.39 is 0 Å². The van der Waals surface area contributed by atoms with Crippen LogP contribution in [0.5, 0.6) is 0 Å². The number of hydrogen-bond acceptors (Lipinski definition) is 1. The average Bonchev–Trinajstić information content (AvgIpc) is 2.46. The summed E-state index contributed by atoms with van der Waals surface area (Å²) >= 11 is 7.14. The molecule has 0 fully saturated rings. The minimum Gasteiger partial charge on any atom is -0.309 e. The molecule has 1 atom stereocenters. The molecule has 2 aromatic rings. The van der Waals surface area contributed by atoms with Crippen molar-refractivity contribution in [2.45, 2.75) is 32.2 Å². The van der Waals surface area contributed by atoms with Crippen LogP contribution >= 0.6 is 31.9 Å². The van der Waals surface area contributed by atoms with Crippen molar-refractivity contribution in [2.75, 3.05) is 6.54 Å². The van der Waals surface area contributed by atoms with Crippen LogP contribution in [0.15, 0.2) is 57.5 Å². The molecule has 2 aromatic carbocycles. The van der Waals surface area contributed by atoms with Gasteiger partial charge in [-0.25, -0.2) is 0 Å². The lowest BCUT2D eigenvalue weighted by Crippen LogP contribution is -2.34. The summed E-state index contributed by atoms with van der Waals surface area (Å²) in [4.78, 5) is 0. The fourth-order valence-electron chi connectivity index (χ4n) is 2.36. The van der Waals surface area contributed by atoms with Gasteiger partial charge in [-0.15, -0.1) is 0 Å². The summed E-state index contributed by atoms with van der Waals surface area (Å²) < 4.78 is 2.23. The molecule has 2 rings (SSSR count). The van der Waals surface area contributed by atoms with Crippen molar-refractivity contribution in [1.82, 2.24) is 5.32 Å². The van der Waals surface area contributed by atoms with E-state index in [9.17, 15) is 0 Å². The van der Waals surface area contributed by atoms with Gasteiger partial charge in [0, 0.05) is 26.9 Å². The molecule has 0 bridgehead atoms. The third kappa shape index (κ3) is 4.41. The van der Waals surface area contributed by atoms with Crippen LogP contribution in [-0.2, 0) is 5.41 Å². The summed E-state index contributed by atoms with van der Waals surface area (Å²) in [5.41, 5.74) is 2.75. The van der Waals surface area contributed by atoms with Crippen molar-refractivity contribution >= 4 is 31.9 Å². The molecule has 0 aliphatic rings. The van der Waals surface area contributed by atoms with E-state index in [1.807, 2.05) is 0 Å². The van der Waals surface area contributed by atoms with Gasteiger partial charge < -0.3 is 5.32 Å². The maximum absolute atomic E-state index is 3.65. The van der Waals surface area contributed by atoms with Crippen molar-refractivity contribution in [3.63, 3.8) is 0 Å². The normalized spacial score (nSPS) is 13.2. The Morgan fingerprint density at radius 2 is 1.71 bits per heavy atom. The smallest absolute Gasteiger partial charge is 0.0303 e. The molecule has 21 heavy (non-hydrogen) atoms. The Labute approximate surface area is 144 Å². The van der Waals surface area contributed by atoms with Crippen LogP contribution in [0.2, 0.25) is 0 Å². The molecular weight excluding hydrogens is 390 g/mol. The Bertz CT molecular complexity index is 593. The highest BCUT2D eigenvalue weighted by Gasteiger charge is 2.21. The van der Waals surface area contributed by atoms with Gasteiger partial charge in [-0.3, -0.25) is 0 Å². The second-order valence-corrected chi connectivity index (χ2v) is 7.79. The molecule has 0 radical (unpaired) electrons. The van der Waals surface area contributed by atoms with Crippen molar-refractivity contribution in [3.05, 3.63) is 68.6 Å².